The predicted molar refractivity (Wildman–Crippen MR) is 76.5 cm³/mol. The third kappa shape index (κ3) is 2.27. The van der Waals surface area contributed by atoms with Crippen LogP contribution in [0.4, 0.5) is 8.78 Å². The van der Waals surface area contributed by atoms with Gasteiger partial charge in [-0.1, -0.05) is 0 Å². The molecule has 0 spiro atoms. The second-order valence-electron chi connectivity index (χ2n) is 6.13. The van der Waals surface area contributed by atoms with Crippen LogP contribution in [0.25, 0.3) is 11.0 Å². The van der Waals surface area contributed by atoms with Crippen molar-refractivity contribution < 1.29 is 18.0 Å². The largest absolute Gasteiger partial charge is 0.448 e. The first-order chi connectivity index (χ1) is 10.6. The standard InChI is InChI=1S/C16H16F2N2O2/c17-11-5-10-6-14(22-15(10)12(18)7-11)16(21)19-13-8-20-3-1-9(13)2-4-20/h5-7,9,13H,1-4,8H2,(H,19,21)/t13-/m0/s1. The molecule has 1 atom stereocenters. The third-order valence-electron chi connectivity index (χ3n) is 4.73. The summed E-state index contributed by atoms with van der Waals surface area (Å²) in [5, 5.41) is 3.23. The van der Waals surface area contributed by atoms with Crippen molar-refractivity contribution in [3.8, 4) is 0 Å². The SMILES string of the molecule is O=C(N[C@H]1CN2CCC1CC2)c1cc2cc(F)cc(F)c2o1. The van der Waals surface area contributed by atoms with Gasteiger partial charge in [-0.15, -0.1) is 0 Å². The maximum absolute atomic E-state index is 13.6. The molecule has 1 N–H and O–H groups in total. The normalized spacial score (nSPS) is 27.3. The van der Waals surface area contributed by atoms with E-state index < -0.39 is 11.6 Å². The molecule has 1 aromatic carbocycles. The van der Waals surface area contributed by atoms with E-state index in [1.54, 1.807) is 0 Å². The minimum Gasteiger partial charge on any atom is -0.448 e. The summed E-state index contributed by atoms with van der Waals surface area (Å²) in [5.74, 6) is -1.33. The summed E-state index contributed by atoms with van der Waals surface area (Å²) < 4.78 is 32.1. The van der Waals surface area contributed by atoms with Gasteiger partial charge in [0.25, 0.3) is 5.91 Å². The molecule has 1 aromatic heterocycles. The van der Waals surface area contributed by atoms with Crippen LogP contribution < -0.4 is 5.32 Å². The van der Waals surface area contributed by atoms with E-state index in [1.165, 1.54) is 6.07 Å². The van der Waals surface area contributed by atoms with Gasteiger partial charge < -0.3 is 14.6 Å². The van der Waals surface area contributed by atoms with Gasteiger partial charge in [0.15, 0.2) is 17.2 Å². The zero-order valence-corrected chi connectivity index (χ0v) is 11.9. The highest BCUT2D eigenvalue weighted by atomic mass is 19.1. The van der Waals surface area contributed by atoms with Gasteiger partial charge in [0.05, 0.1) is 0 Å². The lowest BCUT2D eigenvalue weighted by molar-refractivity contribution is 0.0607. The Morgan fingerprint density at radius 3 is 2.68 bits per heavy atom. The van der Waals surface area contributed by atoms with Crippen molar-refractivity contribution in [2.75, 3.05) is 19.6 Å². The molecule has 5 rings (SSSR count). The Kier molecular flexibility index (Phi) is 3.14. The van der Waals surface area contributed by atoms with Crippen LogP contribution in [0.5, 0.6) is 0 Å². The number of furan rings is 1. The molecule has 6 heteroatoms. The number of nitrogens with zero attached hydrogens (tertiary/aromatic N) is 1. The van der Waals surface area contributed by atoms with Gasteiger partial charge >= 0.3 is 0 Å². The smallest absolute Gasteiger partial charge is 0.287 e. The number of amides is 1. The molecule has 2 aromatic rings. The Morgan fingerprint density at radius 1 is 1.23 bits per heavy atom. The molecule has 4 heterocycles. The van der Waals surface area contributed by atoms with Crippen LogP contribution in [-0.4, -0.2) is 36.5 Å². The lowest BCUT2D eigenvalue weighted by Crippen LogP contribution is -2.57. The number of carbonyl (C=O) groups excluding carboxylic acids is 1. The zero-order valence-electron chi connectivity index (χ0n) is 11.9. The van der Waals surface area contributed by atoms with E-state index in [-0.39, 0.29) is 28.7 Å². The first-order valence-corrected chi connectivity index (χ1v) is 7.52. The van der Waals surface area contributed by atoms with E-state index in [4.69, 9.17) is 4.42 Å². The van der Waals surface area contributed by atoms with Crippen LogP contribution in [-0.2, 0) is 0 Å². The van der Waals surface area contributed by atoms with Crippen molar-refractivity contribution in [2.24, 2.45) is 5.92 Å². The van der Waals surface area contributed by atoms with Gasteiger partial charge in [-0.05, 0) is 44.0 Å². The van der Waals surface area contributed by atoms with E-state index in [0.29, 0.717) is 5.92 Å². The molecule has 116 valence electrons. The molecule has 4 nitrogen and oxygen atoms in total. The number of nitrogens with one attached hydrogen (secondary N) is 1. The highest BCUT2D eigenvalue weighted by Crippen LogP contribution is 2.28. The molecular formula is C16H16F2N2O2. The summed E-state index contributed by atoms with van der Waals surface area (Å²) in [6.07, 6.45) is 2.18. The maximum Gasteiger partial charge on any atom is 0.287 e. The van der Waals surface area contributed by atoms with Crippen molar-refractivity contribution in [1.82, 2.24) is 10.2 Å². The molecule has 2 bridgehead atoms. The number of piperidine rings is 3. The van der Waals surface area contributed by atoms with Crippen molar-refractivity contribution in [3.63, 3.8) is 0 Å². The Hall–Kier alpha value is -1.95. The van der Waals surface area contributed by atoms with Crippen molar-refractivity contribution in [3.05, 3.63) is 35.6 Å². The Morgan fingerprint density at radius 2 is 2.00 bits per heavy atom. The van der Waals surface area contributed by atoms with E-state index >= 15 is 0 Å². The van der Waals surface area contributed by atoms with E-state index in [9.17, 15) is 13.6 Å². The highest BCUT2D eigenvalue weighted by molar-refractivity contribution is 5.96. The Labute approximate surface area is 126 Å². The number of halogens is 2. The monoisotopic (exact) mass is 306 g/mol. The minimum atomic E-state index is -0.795. The molecule has 0 aliphatic carbocycles. The lowest BCUT2D eigenvalue weighted by atomic mass is 9.84. The number of rotatable bonds is 2. The van der Waals surface area contributed by atoms with Crippen molar-refractivity contribution >= 4 is 16.9 Å². The summed E-state index contributed by atoms with van der Waals surface area (Å²) in [4.78, 5) is 14.6. The van der Waals surface area contributed by atoms with Crippen LogP contribution in [0, 0.1) is 17.6 Å². The Bertz CT molecular complexity index is 735. The molecule has 3 aliphatic heterocycles. The van der Waals surface area contributed by atoms with Gasteiger partial charge in [-0.25, -0.2) is 8.78 Å². The topological polar surface area (TPSA) is 45.5 Å². The molecule has 3 aliphatic rings. The molecule has 3 saturated heterocycles. The summed E-state index contributed by atoms with van der Waals surface area (Å²) in [7, 11) is 0. The number of hydrogen-bond acceptors (Lipinski definition) is 3. The average Bonchev–Trinajstić information content (AvgIpc) is 2.93. The lowest BCUT2D eigenvalue weighted by Gasteiger charge is -2.44. The van der Waals surface area contributed by atoms with E-state index in [2.05, 4.69) is 10.2 Å². The molecule has 0 saturated carbocycles. The van der Waals surface area contributed by atoms with Crippen molar-refractivity contribution in [1.29, 1.82) is 0 Å². The van der Waals surface area contributed by atoms with Gasteiger partial charge in [-0.2, -0.15) is 0 Å². The maximum atomic E-state index is 13.6. The fraction of sp³-hybridized carbons (Fsp3) is 0.438. The highest BCUT2D eigenvalue weighted by Gasteiger charge is 2.35. The average molecular weight is 306 g/mol. The second-order valence-corrected chi connectivity index (χ2v) is 6.13. The molecular weight excluding hydrogens is 290 g/mol. The number of carbonyl (C=O) groups is 1. The predicted octanol–water partition coefficient (Wildman–Crippen LogP) is 2.54. The second kappa shape index (κ2) is 5.05. The van der Waals surface area contributed by atoms with Gasteiger partial charge in [0.2, 0.25) is 0 Å². The molecule has 1 amide bonds. The number of fused-ring (bicyclic) bond motifs is 4. The summed E-state index contributed by atoms with van der Waals surface area (Å²) in [5.41, 5.74) is -0.0829. The van der Waals surface area contributed by atoms with Crippen LogP contribution in [0.1, 0.15) is 23.4 Å². The third-order valence-corrected chi connectivity index (χ3v) is 4.73. The molecule has 3 fully saturated rings. The number of benzene rings is 1. The first kappa shape index (κ1) is 13.7. The first-order valence-electron chi connectivity index (χ1n) is 7.52. The van der Waals surface area contributed by atoms with E-state index in [1.807, 2.05) is 0 Å². The van der Waals surface area contributed by atoms with Gasteiger partial charge in [-0.3, -0.25) is 4.79 Å². The summed E-state index contributed by atoms with van der Waals surface area (Å²) >= 11 is 0. The quantitative estimate of drug-likeness (QED) is 0.927. The van der Waals surface area contributed by atoms with Crippen LogP contribution in [0.15, 0.2) is 22.6 Å². The summed E-state index contributed by atoms with van der Waals surface area (Å²) in [6, 6.07) is 3.40. The fourth-order valence-corrected chi connectivity index (χ4v) is 3.56. The van der Waals surface area contributed by atoms with Crippen molar-refractivity contribution in [2.45, 2.75) is 18.9 Å². The number of hydrogen-bond donors (Lipinski definition) is 1. The zero-order chi connectivity index (χ0) is 15.3. The summed E-state index contributed by atoms with van der Waals surface area (Å²) in [6.45, 7) is 3.03. The Balaban J connectivity index is 1.56. The van der Waals surface area contributed by atoms with Crippen LogP contribution in [0.2, 0.25) is 0 Å². The van der Waals surface area contributed by atoms with Gasteiger partial charge in [0, 0.05) is 24.0 Å². The van der Waals surface area contributed by atoms with Crippen LogP contribution >= 0.6 is 0 Å². The van der Waals surface area contributed by atoms with Gasteiger partial charge in [0.1, 0.15) is 5.82 Å². The fourth-order valence-electron chi connectivity index (χ4n) is 3.56. The van der Waals surface area contributed by atoms with E-state index in [0.717, 1.165) is 44.6 Å². The molecule has 22 heavy (non-hydrogen) atoms. The minimum absolute atomic E-state index is 0.0240. The molecule has 0 unspecified atom stereocenters. The van der Waals surface area contributed by atoms with Crippen LogP contribution in [0.3, 0.4) is 0 Å². The molecule has 0 radical (unpaired) electrons.